The first-order valence-corrected chi connectivity index (χ1v) is 7.88. The van der Waals surface area contributed by atoms with Gasteiger partial charge in [-0.05, 0) is 39.7 Å². The Hall–Kier alpha value is -1.34. The van der Waals surface area contributed by atoms with Gasteiger partial charge in [-0.2, -0.15) is 0 Å². The number of carbonyl (C=O) groups is 2. The molecule has 2 aliphatic rings. The van der Waals surface area contributed by atoms with E-state index in [1.165, 1.54) is 0 Å². The maximum atomic E-state index is 12.7. The van der Waals surface area contributed by atoms with Crippen LogP contribution in [0.25, 0.3) is 0 Å². The third-order valence-electron chi connectivity index (χ3n) is 3.96. The summed E-state index contributed by atoms with van der Waals surface area (Å²) in [6.45, 7) is 8.64. The molecule has 7 heteroatoms. The second-order valence-electron chi connectivity index (χ2n) is 6.92. The fraction of sp³-hybridized carbons (Fsp3) is 0.867. The van der Waals surface area contributed by atoms with E-state index >= 15 is 0 Å². The minimum Gasteiger partial charge on any atom is -0.444 e. The Labute approximate surface area is 131 Å². The lowest BCUT2D eigenvalue weighted by Crippen LogP contribution is -2.51. The van der Waals surface area contributed by atoms with Crippen LogP contribution in [0.4, 0.5) is 4.79 Å². The molecule has 2 saturated heterocycles. The Morgan fingerprint density at radius 3 is 2.45 bits per heavy atom. The van der Waals surface area contributed by atoms with Crippen LogP contribution in [0, 0.1) is 5.92 Å². The Kier molecular flexibility index (Phi) is 5.28. The summed E-state index contributed by atoms with van der Waals surface area (Å²) in [5, 5.41) is 0. The van der Waals surface area contributed by atoms with Gasteiger partial charge in [-0.3, -0.25) is 9.69 Å². The van der Waals surface area contributed by atoms with Crippen molar-refractivity contribution >= 4 is 12.0 Å². The Bertz CT molecular complexity index is 416. The van der Waals surface area contributed by atoms with Crippen molar-refractivity contribution in [3.8, 4) is 0 Å². The van der Waals surface area contributed by atoms with Crippen LogP contribution in [0.1, 0.15) is 27.2 Å². The van der Waals surface area contributed by atoms with Gasteiger partial charge >= 0.3 is 6.09 Å². The number of nitrogens with two attached hydrogens (primary N) is 1. The highest BCUT2D eigenvalue weighted by Crippen LogP contribution is 2.26. The van der Waals surface area contributed by atoms with Gasteiger partial charge in [0.25, 0.3) is 0 Å². The summed E-state index contributed by atoms with van der Waals surface area (Å²) < 4.78 is 10.7. The fourth-order valence-electron chi connectivity index (χ4n) is 2.84. The molecule has 0 aromatic rings. The van der Waals surface area contributed by atoms with Gasteiger partial charge in [0, 0.05) is 19.6 Å². The molecule has 2 atom stereocenters. The van der Waals surface area contributed by atoms with Gasteiger partial charge < -0.3 is 20.1 Å². The number of likely N-dealkylation sites (tertiary alicyclic amines) is 1. The van der Waals surface area contributed by atoms with Gasteiger partial charge in [-0.15, -0.1) is 0 Å². The molecule has 0 spiro atoms. The lowest BCUT2D eigenvalue weighted by molar-refractivity contribution is -0.140. The Morgan fingerprint density at radius 1 is 1.27 bits per heavy atom. The topological polar surface area (TPSA) is 85.1 Å². The van der Waals surface area contributed by atoms with Gasteiger partial charge in [0.05, 0.1) is 13.2 Å². The molecule has 2 rings (SSSR count). The maximum Gasteiger partial charge on any atom is 0.410 e. The lowest BCUT2D eigenvalue weighted by atomic mass is 10.1. The van der Waals surface area contributed by atoms with Crippen LogP contribution >= 0.6 is 0 Å². The van der Waals surface area contributed by atoms with Crippen LogP contribution in [0.2, 0.25) is 0 Å². The first kappa shape index (κ1) is 17.0. The molecule has 126 valence electrons. The average molecular weight is 313 g/mol. The molecule has 2 N–H and O–H groups in total. The summed E-state index contributed by atoms with van der Waals surface area (Å²) in [5.41, 5.74) is 5.16. The van der Waals surface area contributed by atoms with E-state index in [1.807, 2.05) is 20.8 Å². The summed E-state index contributed by atoms with van der Waals surface area (Å²) in [6.07, 6.45) is 0.168. The second kappa shape index (κ2) is 6.83. The van der Waals surface area contributed by atoms with Crippen LogP contribution in [0.3, 0.4) is 0 Å². The number of carbonyl (C=O) groups excluding carboxylic acids is 2. The van der Waals surface area contributed by atoms with Crippen molar-refractivity contribution in [1.82, 2.24) is 9.80 Å². The van der Waals surface area contributed by atoms with Gasteiger partial charge in [0.15, 0.2) is 0 Å². The summed E-state index contributed by atoms with van der Waals surface area (Å²) in [5.74, 6) is 0.118. The average Bonchev–Trinajstić information content (AvgIpc) is 2.90. The Balaban J connectivity index is 2.08. The molecular weight excluding hydrogens is 286 g/mol. The minimum atomic E-state index is -0.579. The van der Waals surface area contributed by atoms with Crippen molar-refractivity contribution in [2.45, 2.75) is 38.8 Å². The zero-order valence-corrected chi connectivity index (χ0v) is 13.7. The normalized spacial score (nSPS) is 26.2. The highest BCUT2D eigenvalue weighted by atomic mass is 16.6. The minimum absolute atomic E-state index is 0.0230. The molecule has 0 saturated carbocycles. The van der Waals surface area contributed by atoms with Crippen molar-refractivity contribution in [1.29, 1.82) is 0 Å². The zero-order chi connectivity index (χ0) is 16.3. The van der Waals surface area contributed by atoms with E-state index in [2.05, 4.69) is 0 Å². The van der Waals surface area contributed by atoms with Crippen molar-refractivity contribution in [2.75, 3.05) is 39.4 Å². The zero-order valence-electron chi connectivity index (χ0n) is 13.7. The van der Waals surface area contributed by atoms with Gasteiger partial charge in [0.1, 0.15) is 11.6 Å². The molecule has 2 amide bonds. The van der Waals surface area contributed by atoms with E-state index < -0.39 is 17.7 Å². The Morgan fingerprint density at radius 2 is 1.91 bits per heavy atom. The molecule has 0 aromatic heterocycles. The van der Waals surface area contributed by atoms with Crippen molar-refractivity contribution in [3.63, 3.8) is 0 Å². The molecular formula is C15H27N3O4. The fourth-order valence-corrected chi connectivity index (χ4v) is 2.84. The molecule has 0 bridgehead atoms. The van der Waals surface area contributed by atoms with E-state index in [0.717, 1.165) is 0 Å². The SMILES string of the molecule is CC(C)(C)OC(=O)N1CC(CN)CC1C(=O)N1CCOCC1. The van der Waals surface area contributed by atoms with Crippen molar-refractivity contribution in [2.24, 2.45) is 11.7 Å². The van der Waals surface area contributed by atoms with E-state index in [-0.39, 0.29) is 11.8 Å². The molecule has 22 heavy (non-hydrogen) atoms. The summed E-state index contributed by atoms with van der Waals surface area (Å²) in [4.78, 5) is 28.4. The van der Waals surface area contributed by atoms with Crippen LogP contribution < -0.4 is 5.73 Å². The summed E-state index contributed by atoms with van der Waals surface area (Å²) >= 11 is 0. The monoisotopic (exact) mass is 313 g/mol. The molecule has 2 fully saturated rings. The van der Waals surface area contributed by atoms with Crippen molar-refractivity contribution < 1.29 is 19.1 Å². The third kappa shape index (κ3) is 4.10. The second-order valence-corrected chi connectivity index (χ2v) is 6.92. The van der Waals surface area contributed by atoms with Gasteiger partial charge in [0.2, 0.25) is 5.91 Å². The largest absolute Gasteiger partial charge is 0.444 e. The predicted molar refractivity (Wildman–Crippen MR) is 81.3 cm³/mol. The standard InChI is InChI=1S/C15H27N3O4/c1-15(2,3)22-14(20)18-10-11(9-16)8-12(18)13(19)17-4-6-21-7-5-17/h11-12H,4-10,16H2,1-3H3. The quantitative estimate of drug-likeness (QED) is 0.799. The number of morpholine rings is 1. The molecule has 0 radical (unpaired) electrons. The molecule has 2 heterocycles. The molecule has 2 unspecified atom stereocenters. The number of rotatable bonds is 2. The van der Waals surface area contributed by atoms with E-state index in [0.29, 0.717) is 45.8 Å². The van der Waals surface area contributed by atoms with E-state index in [9.17, 15) is 9.59 Å². The van der Waals surface area contributed by atoms with Crippen LogP contribution in [0.15, 0.2) is 0 Å². The van der Waals surface area contributed by atoms with Gasteiger partial charge in [-0.1, -0.05) is 0 Å². The van der Waals surface area contributed by atoms with Crippen LogP contribution in [-0.2, 0) is 14.3 Å². The lowest BCUT2D eigenvalue weighted by Gasteiger charge is -2.33. The number of ether oxygens (including phenoxy) is 2. The highest BCUT2D eigenvalue weighted by molar-refractivity contribution is 5.86. The highest BCUT2D eigenvalue weighted by Gasteiger charge is 2.42. The predicted octanol–water partition coefficient (Wildman–Crippen LogP) is 0.430. The number of hydrogen-bond acceptors (Lipinski definition) is 5. The summed E-state index contributed by atoms with van der Waals surface area (Å²) in [7, 11) is 0. The first-order valence-electron chi connectivity index (χ1n) is 7.88. The number of amides is 2. The van der Waals surface area contributed by atoms with Crippen LogP contribution in [0.5, 0.6) is 0 Å². The molecule has 2 aliphatic heterocycles. The number of nitrogens with zero attached hydrogens (tertiary/aromatic N) is 2. The summed E-state index contributed by atoms with van der Waals surface area (Å²) in [6, 6.07) is -0.471. The maximum absolute atomic E-state index is 12.7. The third-order valence-corrected chi connectivity index (χ3v) is 3.96. The van der Waals surface area contributed by atoms with E-state index in [1.54, 1.807) is 9.80 Å². The number of hydrogen-bond donors (Lipinski definition) is 1. The molecule has 0 aliphatic carbocycles. The molecule has 0 aromatic carbocycles. The van der Waals surface area contributed by atoms with E-state index in [4.69, 9.17) is 15.2 Å². The first-order chi connectivity index (χ1) is 10.3. The molecule has 7 nitrogen and oxygen atoms in total. The van der Waals surface area contributed by atoms with Crippen molar-refractivity contribution in [3.05, 3.63) is 0 Å². The smallest absolute Gasteiger partial charge is 0.410 e. The van der Waals surface area contributed by atoms with Gasteiger partial charge in [-0.25, -0.2) is 4.79 Å². The van der Waals surface area contributed by atoms with Crippen LogP contribution in [-0.4, -0.2) is 72.8 Å².